The van der Waals surface area contributed by atoms with Crippen LogP contribution in [0, 0.1) is 0 Å². The molecule has 6 amide bonds. The molecular formula is C23H35N7O7. The van der Waals surface area contributed by atoms with Crippen LogP contribution in [0.15, 0.2) is 30.3 Å². The lowest BCUT2D eigenvalue weighted by atomic mass is 10.0. The maximum atomic E-state index is 12.8. The highest BCUT2D eigenvalue weighted by Crippen LogP contribution is 2.04. The van der Waals surface area contributed by atoms with Crippen LogP contribution in [-0.4, -0.2) is 83.9 Å². The van der Waals surface area contributed by atoms with E-state index in [4.69, 9.17) is 11.5 Å². The fourth-order valence-corrected chi connectivity index (χ4v) is 2.97. The van der Waals surface area contributed by atoms with Crippen LogP contribution >= 0.6 is 0 Å². The number of aliphatic hydroxyl groups excluding tert-OH is 1. The average molecular weight is 522 g/mol. The van der Waals surface area contributed by atoms with E-state index in [2.05, 4.69) is 26.6 Å². The molecule has 1 aromatic rings. The second-order valence-electron chi connectivity index (χ2n) is 8.35. The Labute approximate surface area is 214 Å². The summed E-state index contributed by atoms with van der Waals surface area (Å²) < 4.78 is 0. The summed E-state index contributed by atoms with van der Waals surface area (Å²) in [6, 6.07) is 3.25. The van der Waals surface area contributed by atoms with Gasteiger partial charge in [-0.05, 0) is 26.3 Å². The molecule has 0 aliphatic rings. The summed E-state index contributed by atoms with van der Waals surface area (Å²) in [5.74, 6) is -4.35. The van der Waals surface area contributed by atoms with Gasteiger partial charge in [0.1, 0.15) is 30.2 Å². The minimum absolute atomic E-state index is 0.157. The van der Waals surface area contributed by atoms with Gasteiger partial charge in [0, 0.05) is 6.42 Å². The summed E-state index contributed by atoms with van der Waals surface area (Å²) >= 11 is 0. The zero-order chi connectivity index (χ0) is 28.1. The van der Waals surface area contributed by atoms with Crippen molar-refractivity contribution in [3.8, 4) is 0 Å². The minimum Gasteiger partial charge on any atom is -0.394 e. The van der Waals surface area contributed by atoms with E-state index >= 15 is 0 Å². The smallest absolute Gasteiger partial charge is 0.245 e. The van der Waals surface area contributed by atoms with E-state index < -0.39 is 72.3 Å². The van der Waals surface area contributed by atoms with Crippen LogP contribution in [0.5, 0.6) is 0 Å². The Balaban J connectivity index is 2.72. The van der Waals surface area contributed by atoms with E-state index in [0.717, 1.165) is 5.56 Å². The van der Waals surface area contributed by atoms with Crippen LogP contribution in [0.2, 0.25) is 0 Å². The Morgan fingerprint density at radius 2 is 1.22 bits per heavy atom. The molecule has 0 bridgehead atoms. The molecule has 5 unspecified atom stereocenters. The molecular weight excluding hydrogens is 486 g/mol. The van der Waals surface area contributed by atoms with Gasteiger partial charge in [-0.1, -0.05) is 30.3 Å². The van der Waals surface area contributed by atoms with Gasteiger partial charge in [-0.3, -0.25) is 28.8 Å². The van der Waals surface area contributed by atoms with E-state index in [1.54, 1.807) is 30.3 Å². The number of carbonyl (C=O) groups is 6. The highest BCUT2D eigenvalue weighted by molar-refractivity contribution is 5.96. The molecule has 1 aromatic carbocycles. The lowest BCUT2D eigenvalue weighted by Crippen LogP contribution is -2.58. The number of amides is 6. The van der Waals surface area contributed by atoms with Crippen molar-refractivity contribution in [2.24, 2.45) is 11.5 Å². The predicted octanol–water partition coefficient (Wildman–Crippen LogP) is -3.85. The molecule has 204 valence electrons. The van der Waals surface area contributed by atoms with Crippen molar-refractivity contribution in [3.05, 3.63) is 35.9 Å². The number of hydrogen-bond acceptors (Lipinski definition) is 8. The fourth-order valence-electron chi connectivity index (χ4n) is 2.97. The van der Waals surface area contributed by atoms with Crippen LogP contribution < -0.4 is 38.1 Å². The largest absolute Gasteiger partial charge is 0.394 e. The van der Waals surface area contributed by atoms with E-state index in [1.807, 2.05) is 0 Å². The summed E-state index contributed by atoms with van der Waals surface area (Å²) in [6.45, 7) is 2.96. The molecule has 1 rings (SSSR count). The average Bonchev–Trinajstić information content (AvgIpc) is 2.86. The number of benzene rings is 1. The normalized spacial score (nSPS) is 14.6. The first kappa shape index (κ1) is 31.0. The van der Waals surface area contributed by atoms with Gasteiger partial charge in [-0.2, -0.15) is 0 Å². The first-order valence-corrected chi connectivity index (χ1v) is 11.5. The Morgan fingerprint density at radius 1 is 0.730 bits per heavy atom. The Hall–Kier alpha value is -4.04. The Kier molecular flexibility index (Phi) is 12.7. The standard InChI is InChI=1S/C23H35N7O7/c1-12(19(25)33)26-23(37)17(11-31)30-21(35)14(3)27-20(34)13(2)28-22(36)16(29-18(32)10-24)9-15-7-5-4-6-8-15/h4-8,12-14,16-17,31H,9-11,24H2,1-3H3,(H2,25,33)(H,26,37)(H,27,34)(H,28,36)(H,29,32)(H,30,35). The zero-order valence-electron chi connectivity index (χ0n) is 20.9. The van der Waals surface area contributed by atoms with Crippen molar-refractivity contribution in [1.82, 2.24) is 26.6 Å². The van der Waals surface area contributed by atoms with E-state index in [0.29, 0.717) is 0 Å². The van der Waals surface area contributed by atoms with Gasteiger partial charge in [-0.15, -0.1) is 0 Å². The molecule has 0 saturated carbocycles. The van der Waals surface area contributed by atoms with Crippen molar-refractivity contribution in [2.45, 2.75) is 57.4 Å². The van der Waals surface area contributed by atoms with Crippen LogP contribution in [0.25, 0.3) is 0 Å². The van der Waals surface area contributed by atoms with Crippen LogP contribution in [-0.2, 0) is 35.2 Å². The molecule has 0 aromatic heterocycles. The van der Waals surface area contributed by atoms with Gasteiger partial charge in [-0.25, -0.2) is 0 Å². The maximum Gasteiger partial charge on any atom is 0.245 e. The highest BCUT2D eigenvalue weighted by Gasteiger charge is 2.28. The molecule has 0 heterocycles. The number of carbonyl (C=O) groups excluding carboxylic acids is 6. The minimum atomic E-state index is -1.39. The van der Waals surface area contributed by atoms with E-state index in [-0.39, 0.29) is 13.0 Å². The molecule has 0 aliphatic carbocycles. The van der Waals surface area contributed by atoms with Crippen molar-refractivity contribution >= 4 is 35.4 Å². The van der Waals surface area contributed by atoms with Crippen molar-refractivity contribution in [3.63, 3.8) is 0 Å². The number of primary amides is 1. The first-order valence-electron chi connectivity index (χ1n) is 11.5. The van der Waals surface area contributed by atoms with Gasteiger partial charge in [0.15, 0.2) is 0 Å². The molecule has 0 spiro atoms. The molecule has 10 N–H and O–H groups in total. The monoisotopic (exact) mass is 521 g/mol. The second-order valence-corrected chi connectivity index (χ2v) is 8.35. The third-order valence-corrected chi connectivity index (χ3v) is 5.22. The van der Waals surface area contributed by atoms with Gasteiger partial charge in [0.2, 0.25) is 35.4 Å². The summed E-state index contributed by atoms with van der Waals surface area (Å²) in [7, 11) is 0. The third kappa shape index (κ3) is 10.6. The van der Waals surface area contributed by atoms with Crippen LogP contribution in [0.1, 0.15) is 26.3 Å². The zero-order valence-corrected chi connectivity index (χ0v) is 20.9. The lowest BCUT2D eigenvalue weighted by Gasteiger charge is -2.23. The number of nitrogens with two attached hydrogens (primary N) is 2. The molecule has 0 radical (unpaired) electrons. The number of hydrogen-bond donors (Lipinski definition) is 8. The SMILES string of the molecule is CC(NC(=O)C(CO)NC(=O)C(C)NC(=O)C(C)NC(=O)C(Cc1ccccc1)NC(=O)CN)C(N)=O. The van der Waals surface area contributed by atoms with Crippen molar-refractivity contribution in [1.29, 1.82) is 0 Å². The van der Waals surface area contributed by atoms with Gasteiger partial charge in [0.25, 0.3) is 0 Å². The quantitative estimate of drug-likeness (QED) is 0.120. The molecule has 0 fully saturated rings. The highest BCUT2D eigenvalue weighted by atomic mass is 16.3. The summed E-state index contributed by atoms with van der Waals surface area (Å²) in [5.41, 5.74) is 11.2. The van der Waals surface area contributed by atoms with Gasteiger partial charge < -0.3 is 43.2 Å². The topological polar surface area (TPSA) is 235 Å². The summed E-state index contributed by atoms with van der Waals surface area (Å²) in [5, 5.41) is 21.3. The van der Waals surface area contributed by atoms with Crippen molar-refractivity contribution in [2.75, 3.05) is 13.2 Å². The molecule has 5 atom stereocenters. The first-order chi connectivity index (χ1) is 17.4. The third-order valence-electron chi connectivity index (χ3n) is 5.22. The lowest BCUT2D eigenvalue weighted by molar-refractivity contribution is -0.134. The number of aliphatic hydroxyl groups is 1. The van der Waals surface area contributed by atoms with Crippen LogP contribution in [0.4, 0.5) is 0 Å². The number of nitrogens with one attached hydrogen (secondary N) is 5. The summed E-state index contributed by atoms with van der Waals surface area (Å²) in [4.78, 5) is 72.8. The maximum absolute atomic E-state index is 12.8. The second kappa shape index (κ2) is 15.2. The fraction of sp³-hybridized carbons (Fsp3) is 0.478. The van der Waals surface area contributed by atoms with E-state index in [9.17, 15) is 33.9 Å². The van der Waals surface area contributed by atoms with E-state index in [1.165, 1.54) is 20.8 Å². The molecule has 0 aliphatic heterocycles. The van der Waals surface area contributed by atoms with Gasteiger partial charge in [0.05, 0.1) is 13.2 Å². The Morgan fingerprint density at radius 3 is 1.73 bits per heavy atom. The predicted molar refractivity (Wildman–Crippen MR) is 132 cm³/mol. The Bertz CT molecular complexity index is 973. The molecule has 14 heteroatoms. The molecule has 0 saturated heterocycles. The molecule has 37 heavy (non-hydrogen) atoms. The van der Waals surface area contributed by atoms with Crippen molar-refractivity contribution < 1.29 is 33.9 Å². The number of rotatable bonds is 14. The van der Waals surface area contributed by atoms with Crippen LogP contribution in [0.3, 0.4) is 0 Å². The van der Waals surface area contributed by atoms with Gasteiger partial charge >= 0.3 is 0 Å². The molecule has 14 nitrogen and oxygen atoms in total. The summed E-state index contributed by atoms with van der Waals surface area (Å²) in [6.07, 6.45) is 0.157.